The summed E-state index contributed by atoms with van der Waals surface area (Å²) in [6, 6.07) is 15.7. The standard InChI is InChI=1S/C27H38FN3O2/c1-4-30(5-2)18-10-11-22(3)29-26(32)17-20-31(19-16-23-12-7-6-8-13-23)27(33)24-14-9-15-25(28)21-24/h6-9,12-15,21-22H,4-5,10-11,16-20H2,1-3H3,(H,29,32). The van der Waals surface area contributed by atoms with Crippen molar-refractivity contribution in [1.29, 1.82) is 0 Å². The molecule has 2 aromatic carbocycles. The Balaban J connectivity index is 1.90. The highest BCUT2D eigenvalue weighted by atomic mass is 19.1. The zero-order valence-corrected chi connectivity index (χ0v) is 20.2. The average Bonchev–Trinajstić information content (AvgIpc) is 2.82. The molecule has 0 radical (unpaired) electrons. The summed E-state index contributed by atoms with van der Waals surface area (Å²) >= 11 is 0. The van der Waals surface area contributed by atoms with E-state index in [9.17, 15) is 14.0 Å². The van der Waals surface area contributed by atoms with Crippen molar-refractivity contribution in [3.63, 3.8) is 0 Å². The topological polar surface area (TPSA) is 52.7 Å². The SMILES string of the molecule is CCN(CC)CCCC(C)NC(=O)CCN(CCc1ccccc1)C(=O)c1cccc(F)c1. The molecule has 1 unspecified atom stereocenters. The van der Waals surface area contributed by atoms with Crippen molar-refractivity contribution in [1.82, 2.24) is 15.1 Å². The fourth-order valence-electron chi connectivity index (χ4n) is 3.84. The molecule has 2 aromatic rings. The first-order chi connectivity index (χ1) is 15.9. The molecule has 0 fully saturated rings. The first-order valence-electron chi connectivity index (χ1n) is 12.0. The lowest BCUT2D eigenvalue weighted by Crippen LogP contribution is -2.39. The summed E-state index contributed by atoms with van der Waals surface area (Å²) in [4.78, 5) is 29.6. The van der Waals surface area contributed by atoms with Gasteiger partial charge in [-0.15, -0.1) is 0 Å². The van der Waals surface area contributed by atoms with E-state index in [1.54, 1.807) is 11.0 Å². The molecule has 1 N–H and O–H groups in total. The van der Waals surface area contributed by atoms with Gasteiger partial charge < -0.3 is 15.1 Å². The summed E-state index contributed by atoms with van der Waals surface area (Å²) in [5.74, 6) is -0.771. The molecule has 0 heterocycles. The molecule has 0 spiro atoms. The highest BCUT2D eigenvalue weighted by Crippen LogP contribution is 2.10. The largest absolute Gasteiger partial charge is 0.354 e. The van der Waals surface area contributed by atoms with Crippen LogP contribution in [0.5, 0.6) is 0 Å². The summed E-state index contributed by atoms with van der Waals surface area (Å²) < 4.78 is 13.7. The van der Waals surface area contributed by atoms with Crippen LogP contribution in [-0.4, -0.2) is 60.4 Å². The smallest absolute Gasteiger partial charge is 0.253 e. The summed E-state index contributed by atoms with van der Waals surface area (Å²) in [5, 5.41) is 3.05. The second kappa shape index (κ2) is 14.4. The Morgan fingerprint density at radius 2 is 1.70 bits per heavy atom. The van der Waals surface area contributed by atoms with Crippen LogP contribution in [0.4, 0.5) is 4.39 Å². The van der Waals surface area contributed by atoms with Gasteiger partial charge in [0.05, 0.1) is 0 Å². The van der Waals surface area contributed by atoms with Gasteiger partial charge in [-0.3, -0.25) is 9.59 Å². The van der Waals surface area contributed by atoms with Crippen molar-refractivity contribution in [2.45, 2.75) is 52.5 Å². The Kier molecular flexibility index (Phi) is 11.6. The van der Waals surface area contributed by atoms with E-state index < -0.39 is 5.82 Å². The summed E-state index contributed by atoms with van der Waals surface area (Å²) in [5.41, 5.74) is 1.41. The van der Waals surface area contributed by atoms with Crippen LogP contribution in [0.1, 0.15) is 56.0 Å². The summed E-state index contributed by atoms with van der Waals surface area (Å²) in [7, 11) is 0. The van der Waals surface area contributed by atoms with E-state index in [1.807, 2.05) is 37.3 Å². The number of halogens is 1. The molecular formula is C27H38FN3O2. The molecule has 5 nitrogen and oxygen atoms in total. The molecule has 1 atom stereocenters. The third kappa shape index (κ3) is 9.74. The average molecular weight is 456 g/mol. The van der Waals surface area contributed by atoms with E-state index in [-0.39, 0.29) is 24.3 Å². The number of carbonyl (C=O) groups excluding carboxylic acids is 2. The molecule has 0 saturated carbocycles. The first kappa shape index (κ1) is 26.5. The Morgan fingerprint density at radius 1 is 0.970 bits per heavy atom. The number of rotatable bonds is 14. The third-order valence-corrected chi connectivity index (χ3v) is 5.89. The number of carbonyl (C=O) groups is 2. The zero-order chi connectivity index (χ0) is 24.1. The molecule has 6 heteroatoms. The highest BCUT2D eigenvalue weighted by Gasteiger charge is 2.18. The van der Waals surface area contributed by atoms with E-state index in [4.69, 9.17) is 0 Å². The fourth-order valence-corrected chi connectivity index (χ4v) is 3.84. The number of amides is 2. The number of hydrogen-bond donors (Lipinski definition) is 1. The molecule has 0 saturated heterocycles. The molecule has 0 aliphatic carbocycles. The lowest BCUT2D eigenvalue weighted by atomic mass is 10.1. The Labute approximate surface area is 198 Å². The summed E-state index contributed by atoms with van der Waals surface area (Å²) in [6.07, 6.45) is 2.84. The maximum atomic E-state index is 13.7. The maximum absolute atomic E-state index is 13.7. The van der Waals surface area contributed by atoms with Crippen LogP contribution >= 0.6 is 0 Å². The quantitative estimate of drug-likeness (QED) is 0.455. The van der Waals surface area contributed by atoms with Gasteiger partial charge in [-0.2, -0.15) is 0 Å². The lowest BCUT2D eigenvalue weighted by Gasteiger charge is -2.24. The van der Waals surface area contributed by atoms with Crippen LogP contribution < -0.4 is 5.32 Å². The van der Waals surface area contributed by atoms with Gasteiger partial charge in [0.25, 0.3) is 5.91 Å². The van der Waals surface area contributed by atoms with Crippen molar-refractivity contribution < 1.29 is 14.0 Å². The minimum atomic E-state index is -0.444. The van der Waals surface area contributed by atoms with Crippen LogP contribution in [-0.2, 0) is 11.2 Å². The first-order valence-corrected chi connectivity index (χ1v) is 12.0. The van der Waals surface area contributed by atoms with Crippen molar-refractivity contribution in [3.8, 4) is 0 Å². The molecular weight excluding hydrogens is 417 g/mol. The molecule has 0 aromatic heterocycles. The van der Waals surface area contributed by atoms with E-state index in [0.717, 1.165) is 38.0 Å². The second-order valence-electron chi connectivity index (χ2n) is 8.43. The van der Waals surface area contributed by atoms with E-state index in [2.05, 4.69) is 24.1 Å². The number of hydrogen-bond acceptors (Lipinski definition) is 3. The number of benzene rings is 2. The van der Waals surface area contributed by atoms with Crippen molar-refractivity contribution in [2.24, 2.45) is 0 Å². The maximum Gasteiger partial charge on any atom is 0.253 e. The van der Waals surface area contributed by atoms with Crippen LogP contribution in [0.15, 0.2) is 54.6 Å². The molecule has 2 rings (SSSR count). The van der Waals surface area contributed by atoms with Crippen molar-refractivity contribution in [2.75, 3.05) is 32.7 Å². The van der Waals surface area contributed by atoms with E-state index in [0.29, 0.717) is 25.1 Å². The number of nitrogens with one attached hydrogen (secondary N) is 1. The van der Waals surface area contributed by atoms with Gasteiger partial charge in [0.15, 0.2) is 0 Å². The zero-order valence-electron chi connectivity index (χ0n) is 20.2. The van der Waals surface area contributed by atoms with E-state index in [1.165, 1.54) is 18.2 Å². The monoisotopic (exact) mass is 455 g/mol. The van der Waals surface area contributed by atoms with Gasteiger partial charge in [0.1, 0.15) is 5.82 Å². The molecule has 180 valence electrons. The van der Waals surface area contributed by atoms with E-state index >= 15 is 0 Å². The van der Waals surface area contributed by atoms with Crippen LogP contribution in [0, 0.1) is 5.82 Å². The van der Waals surface area contributed by atoms with Gasteiger partial charge >= 0.3 is 0 Å². The van der Waals surface area contributed by atoms with Crippen molar-refractivity contribution in [3.05, 3.63) is 71.5 Å². The lowest BCUT2D eigenvalue weighted by molar-refractivity contribution is -0.121. The molecule has 33 heavy (non-hydrogen) atoms. The molecule has 0 bridgehead atoms. The van der Waals surface area contributed by atoms with Gasteiger partial charge in [0.2, 0.25) is 5.91 Å². The normalized spacial score (nSPS) is 11.9. The predicted octanol–water partition coefficient (Wildman–Crippen LogP) is 4.53. The van der Waals surface area contributed by atoms with Crippen LogP contribution in [0.3, 0.4) is 0 Å². The summed E-state index contributed by atoms with van der Waals surface area (Å²) in [6.45, 7) is 10.2. The second-order valence-corrected chi connectivity index (χ2v) is 8.43. The van der Waals surface area contributed by atoms with Crippen LogP contribution in [0.2, 0.25) is 0 Å². The Hall–Kier alpha value is -2.73. The van der Waals surface area contributed by atoms with Gasteiger partial charge in [0, 0.05) is 31.1 Å². The predicted molar refractivity (Wildman–Crippen MR) is 132 cm³/mol. The van der Waals surface area contributed by atoms with Gasteiger partial charge in [-0.25, -0.2) is 4.39 Å². The number of nitrogens with zero attached hydrogens (tertiary/aromatic N) is 2. The van der Waals surface area contributed by atoms with Crippen molar-refractivity contribution >= 4 is 11.8 Å². The minimum Gasteiger partial charge on any atom is -0.354 e. The third-order valence-electron chi connectivity index (χ3n) is 5.89. The minimum absolute atomic E-state index is 0.0675. The van der Waals surface area contributed by atoms with Crippen LogP contribution in [0.25, 0.3) is 0 Å². The Bertz CT molecular complexity index is 855. The van der Waals surface area contributed by atoms with Gasteiger partial charge in [-0.05, 0) is 69.6 Å². The Morgan fingerprint density at radius 3 is 2.36 bits per heavy atom. The van der Waals surface area contributed by atoms with Gasteiger partial charge in [-0.1, -0.05) is 50.2 Å². The fraction of sp³-hybridized carbons (Fsp3) is 0.481. The highest BCUT2D eigenvalue weighted by molar-refractivity contribution is 5.94. The molecule has 0 aliphatic rings. The molecule has 0 aliphatic heterocycles. The molecule has 2 amide bonds.